The number of carboxylic acids is 1. The van der Waals surface area contributed by atoms with Crippen LogP contribution < -0.4 is 5.32 Å². The van der Waals surface area contributed by atoms with Crippen LogP contribution in [0, 0.1) is 5.92 Å². The summed E-state index contributed by atoms with van der Waals surface area (Å²) < 4.78 is 11.0. The van der Waals surface area contributed by atoms with E-state index in [0.717, 1.165) is 35.1 Å². The van der Waals surface area contributed by atoms with Gasteiger partial charge >= 0.3 is 12.1 Å². The third kappa shape index (κ3) is 4.16. The third-order valence-corrected chi connectivity index (χ3v) is 7.64. The van der Waals surface area contributed by atoms with Gasteiger partial charge in [0.05, 0.1) is 6.10 Å². The molecule has 1 saturated heterocycles. The number of aliphatic carboxylic acids is 1. The van der Waals surface area contributed by atoms with Gasteiger partial charge in [0.25, 0.3) is 0 Å². The Morgan fingerprint density at radius 2 is 1.69 bits per heavy atom. The van der Waals surface area contributed by atoms with Crippen molar-refractivity contribution in [3.63, 3.8) is 0 Å². The Morgan fingerprint density at radius 1 is 1.09 bits per heavy atom. The molecule has 8 heteroatoms. The molecule has 1 saturated carbocycles. The number of ether oxygens (including phenoxy) is 2. The van der Waals surface area contributed by atoms with Gasteiger partial charge in [0.2, 0.25) is 5.91 Å². The highest BCUT2D eigenvalue weighted by Gasteiger charge is 2.53. The second-order valence-electron chi connectivity index (χ2n) is 9.87. The Morgan fingerprint density at radius 3 is 2.23 bits per heavy atom. The van der Waals surface area contributed by atoms with Gasteiger partial charge in [-0.05, 0) is 47.9 Å². The second kappa shape index (κ2) is 9.00. The highest BCUT2D eigenvalue weighted by molar-refractivity contribution is 5.92. The average molecular weight is 479 g/mol. The van der Waals surface area contributed by atoms with Gasteiger partial charge in [-0.2, -0.15) is 0 Å². The molecule has 2 aromatic carbocycles. The number of hydrogen-bond acceptors (Lipinski definition) is 5. The molecule has 2 aliphatic carbocycles. The van der Waals surface area contributed by atoms with Crippen molar-refractivity contribution in [3.8, 4) is 11.1 Å². The number of nitrogens with one attached hydrogen (secondary N) is 1. The molecule has 0 radical (unpaired) electrons. The zero-order valence-electron chi connectivity index (χ0n) is 19.9. The van der Waals surface area contributed by atoms with Crippen LogP contribution in [-0.4, -0.2) is 65.9 Å². The van der Waals surface area contributed by atoms with Crippen LogP contribution in [-0.2, 0) is 19.1 Å². The SMILES string of the molecule is COC1CN(C(=O)C(NC(=O)OCC2c3ccccc3-c3ccccc32)C2CC2)C(C)(C(=O)O)C1. The van der Waals surface area contributed by atoms with Crippen molar-refractivity contribution in [2.45, 2.75) is 49.8 Å². The van der Waals surface area contributed by atoms with Crippen molar-refractivity contribution in [1.29, 1.82) is 0 Å². The van der Waals surface area contributed by atoms with Crippen molar-refractivity contribution in [1.82, 2.24) is 10.2 Å². The molecule has 0 bridgehead atoms. The fraction of sp³-hybridized carbons (Fsp3) is 0.444. The largest absolute Gasteiger partial charge is 0.480 e. The fourth-order valence-electron chi connectivity index (χ4n) is 5.46. The summed E-state index contributed by atoms with van der Waals surface area (Å²) in [7, 11) is 1.51. The lowest BCUT2D eigenvalue weighted by atomic mass is 9.97. The highest BCUT2D eigenvalue weighted by atomic mass is 16.5. The minimum absolute atomic E-state index is 0.0253. The second-order valence-corrected chi connectivity index (χ2v) is 9.87. The van der Waals surface area contributed by atoms with E-state index in [2.05, 4.69) is 17.4 Å². The van der Waals surface area contributed by atoms with Gasteiger partial charge in [-0.3, -0.25) is 4.79 Å². The first-order valence-corrected chi connectivity index (χ1v) is 12.0. The Kier molecular flexibility index (Phi) is 6.01. The smallest absolute Gasteiger partial charge is 0.407 e. The topological polar surface area (TPSA) is 105 Å². The van der Waals surface area contributed by atoms with Crippen LogP contribution >= 0.6 is 0 Å². The van der Waals surface area contributed by atoms with Crippen LogP contribution in [0.2, 0.25) is 0 Å². The molecule has 184 valence electrons. The van der Waals surface area contributed by atoms with Gasteiger partial charge < -0.3 is 24.8 Å². The summed E-state index contributed by atoms with van der Waals surface area (Å²) in [5.41, 5.74) is 3.11. The summed E-state index contributed by atoms with van der Waals surface area (Å²) in [6.45, 7) is 1.85. The molecular formula is C27H30N2O6. The Bertz CT molecular complexity index is 1120. The van der Waals surface area contributed by atoms with Gasteiger partial charge in [-0.25, -0.2) is 9.59 Å². The van der Waals surface area contributed by atoms with Crippen molar-refractivity contribution in [2.75, 3.05) is 20.3 Å². The van der Waals surface area contributed by atoms with Gasteiger partial charge in [-0.15, -0.1) is 0 Å². The number of rotatable bonds is 7. The number of carbonyl (C=O) groups excluding carboxylic acids is 2. The van der Waals surface area contributed by atoms with E-state index < -0.39 is 29.6 Å². The number of alkyl carbamates (subject to hydrolysis) is 1. The number of likely N-dealkylation sites (tertiary alicyclic amines) is 1. The van der Waals surface area contributed by atoms with E-state index >= 15 is 0 Å². The summed E-state index contributed by atoms with van der Waals surface area (Å²) in [6, 6.07) is 15.3. The molecular weight excluding hydrogens is 448 g/mol. The zero-order chi connectivity index (χ0) is 24.7. The average Bonchev–Trinajstić information content (AvgIpc) is 3.57. The molecule has 2 N–H and O–H groups in total. The molecule has 2 fully saturated rings. The quantitative estimate of drug-likeness (QED) is 0.632. The molecule has 3 unspecified atom stereocenters. The van der Waals surface area contributed by atoms with Crippen molar-refractivity contribution < 1.29 is 29.0 Å². The summed E-state index contributed by atoms with van der Waals surface area (Å²) >= 11 is 0. The number of hydrogen-bond donors (Lipinski definition) is 2. The normalized spacial score (nSPS) is 23.9. The lowest BCUT2D eigenvalue weighted by molar-refractivity contribution is -0.156. The molecule has 0 spiro atoms. The predicted molar refractivity (Wildman–Crippen MR) is 128 cm³/mol. The summed E-state index contributed by atoms with van der Waals surface area (Å²) in [4.78, 5) is 39.7. The molecule has 3 aliphatic rings. The fourth-order valence-corrected chi connectivity index (χ4v) is 5.46. The molecule has 5 rings (SSSR count). The van der Waals surface area contributed by atoms with E-state index in [0.29, 0.717) is 0 Å². The summed E-state index contributed by atoms with van der Waals surface area (Å²) in [6.07, 6.45) is 0.759. The van der Waals surface area contributed by atoms with Crippen LogP contribution in [0.4, 0.5) is 4.79 Å². The van der Waals surface area contributed by atoms with E-state index in [1.54, 1.807) is 0 Å². The third-order valence-electron chi connectivity index (χ3n) is 7.64. The number of nitrogens with zero attached hydrogens (tertiary/aromatic N) is 1. The van der Waals surface area contributed by atoms with Crippen molar-refractivity contribution in [3.05, 3.63) is 59.7 Å². The maximum Gasteiger partial charge on any atom is 0.407 e. The molecule has 1 aliphatic heterocycles. The molecule has 35 heavy (non-hydrogen) atoms. The number of benzene rings is 2. The first kappa shape index (κ1) is 23.4. The zero-order valence-corrected chi connectivity index (χ0v) is 19.9. The van der Waals surface area contributed by atoms with Gasteiger partial charge in [0.1, 0.15) is 18.2 Å². The Balaban J connectivity index is 1.29. The van der Waals surface area contributed by atoms with Crippen molar-refractivity contribution in [2.24, 2.45) is 5.92 Å². The summed E-state index contributed by atoms with van der Waals surface area (Å²) in [5.74, 6) is -1.59. The van der Waals surface area contributed by atoms with E-state index in [1.165, 1.54) is 18.9 Å². The van der Waals surface area contributed by atoms with Crippen LogP contribution in [0.5, 0.6) is 0 Å². The van der Waals surface area contributed by atoms with Gasteiger partial charge in [0.15, 0.2) is 0 Å². The number of carbonyl (C=O) groups is 3. The van der Waals surface area contributed by atoms with Crippen LogP contribution in [0.25, 0.3) is 11.1 Å². The number of methoxy groups -OCH3 is 1. The Hall–Kier alpha value is -3.39. The van der Waals surface area contributed by atoms with Gasteiger partial charge in [-0.1, -0.05) is 48.5 Å². The maximum atomic E-state index is 13.5. The molecule has 2 amide bonds. The number of carboxylic acid groups (broad SMARTS) is 1. The number of amides is 2. The van der Waals surface area contributed by atoms with Crippen LogP contribution in [0.15, 0.2) is 48.5 Å². The first-order valence-electron chi connectivity index (χ1n) is 12.0. The molecule has 3 atom stereocenters. The minimum atomic E-state index is -1.38. The van der Waals surface area contributed by atoms with E-state index in [4.69, 9.17) is 9.47 Å². The number of fused-ring (bicyclic) bond motifs is 3. The van der Waals surface area contributed by atoms with Crippen LogP contribution in [0.3, 0.4) is 0 Å². The Labute approximate surface area is 204 Å². The molecule has 2 aromatic rings. The van der Waals surface area contributed by atoms with Gasteiger partial charge in [0, 0.05) is 26.0 Å². The highest BCUT2D eigenvalue weighted by Crippen LogP contribution is 2.44. The lowest BCUT2D eigenvalue weighted by Crippen LogP contribution is -2.57. The summed E-state index contributed by atoms with van der Waals surface area (Å²) in [5, 5.41) is 12.6. The molecule has 8 nitrogen and oxygen atoms in total. The van der Waals surface area contributed by atoms with E-state index in [1.807, 2.05) is 36.4 Å². The maximum absolute atomic E-state index is 13.5. The van der Waals surface area contributed by atoms with Crippen LogP contribution in [0.1, 0.15) is 43.2 Å². The predicted octanol–water partition coefficient (Wildman–Crippen LogP) is 3.39. The lowest BCUT2D eigenvalue weighted by Gasteiger charge is -2.33. The molecule has 1 heterocycles. The van der Waals surface area contributed by atoms with E-state index in [9.17, 15) is 19.5 Å². The minimum Gasteiger partial charge on any atom is -0.480 e. The van der Waals surface area contributed by atoms with Crippen molar-refractivity contribution >= 4 is 18.0 Å². The monoisotopic (exact) mass is 478 g/mol. The first-order chi connectivity index (χ1) is 16.8. The van der Waals surface area contributed by atoms with E-state index in [-0.39, 0.29) is 37.5 Å². The standard InChI is InChI=1S/C27H30N2O6/c1-27(25(31)32)13-17(34-2)14-29(27)24(30)23(16-11-12-16)28-26(33)35-15-22-20-9-5-3-7-18(20)19-8-4-6-10-21(19)22/h3-10,16-17,22-23H,11-15H2,1-2H3,(H,28,33)(H,31,32). The molecule has 0 aromatic heterocycles.